The van der Waals surface area contributed by atoms with E-state index in [1.54, 1.807) is 25.1 Å². The molecule has 1 heterocycles. The van der Waals surface area contributed by atoms with Crippen LogP contribution in [0.25, 0.3) is 5.70 Å². The van der Waals surface area contributed by atoms with Crippen LogP contribution in [0.15, 0.2) is 53.2 Å². The predicted molar refractivity (Wildman–Crippen MR) is 114 cm³/mol. The number of ether oxygens (including phenoxy) is 4. The molecule has 2 aliphatic rings. The van der Waals surface area contributed by atoms with E-state index in [9.17, 15) is 9.59 Å². The van der Waals surface area contributed by atoms with Crippen LogP contribution in [0.1, 0.15) is 34.3 Å². The van der Waals surface area contributed by atoms with Crippen molar-refractivity contribution in [3.8, 4) is 17.2 Å². The van der Waals surface area contributed by atoms with E-state index in [0.29, 0.717) is 50.9 Å². The maximum atomic E-state index is 13.5. The average Bonchev–Trinajstić information content (AvgIpc) is 3.08. The smallest absolute Gasteiger partial charge is 0.336 e. The molecule has 1 aliphatic carbocycles. The van der Waals surface area contributed by atoms with Crippen molar-refractivity contribution in [1.82, 2.24) is 5.32 Å². The molecule has 0 aromatic heterocycles. The van der Waals surface area contributed by atoms with Crippen LogP contribution in [-0.2, 0) is 9.53 Å². The molecular weight excluding hydrogens is 398 g/mol. The van der Waals surface area contributed by atoms with E-state index >= 15 is 0 Å². The first kappa shape index (κ1) is 20.5. The molecule has 2 aromatic rings. The topological polar surface area (TPSA) is 83.1 Å². The second-order valence-corrected chi connectivity index (χ2v) is 7.20. The molecule has 0 saturated heterocycles. The number of fused-ring (bicyclic) bond motifs is 2. The molecule has 31 heavy (non-hydrogen) atoms. The zero-order valence-electron chi connectivity index (χ0n) is 18.0. The molecule has 0 spiro atoms. The van der Waals surface area contributed by atoms with Crippen LogP contribution in [0.5, 0.6) is 17.2 Å². The van der Waals surface area contributed by atoms with Crippen LogP contribution in [0, 0.1) is 0 Å². The Kier molecular flexibility index (Phi) is 5.19. The molecule has 1 aliphatic heterocycles. The van der Waals surface area contributed by atoms with Gasteiger partial charge in [-0.1, -0.05) is 24.3 Å². The Labute approximate surface area is 180 Å². The number of dihydropyridines is 1. The van der Waals surface area contributed by atoms with Gasteiger partial charge in [0.25, 0.3) is 0 Å². The van der Waals surface area contributed by atoms with Crippen LogP contribution in [-0.4, -0.2) is 40.2 Å². The van der Waals surface area contributed by atoms with E-state index in [-0.39, 0.29) is 5.78 Å². The number of rotatable bonds is 5. The highest BCUT2D eigenvalue weighted by atomic mass is 16.5. The van der Waals surface area contributed by atoms with E-state index in [1.807, 2.05) is 18.2 Å². The van der Waals surface area contributed by atoms with E-state index in [0.717, 1.165) is 5.56 Å². The number of hydrogen-bond acceptors (Lipinski definition) is 7. The van der Waals surface area contributed by atoms with Crippen molar-refractivity contribution in [2.45, 2.75) is 12.8 Å². The molecule has 160 valence electrons. The molecular formula is C24H23NO6. The first-order valence-corrected chi connectivity index (χ1v) is 9.71. The molecule has 1 unspecified atom stereocenters. The summed E-state index contributed by atoms with van der Waals surface area (Å²) in [6.45, 7) is 1.79. The standard InChI is InChI=1S/C24H23NO6/c1-12-19(24(27)31-5)20(15-10-17(29-3)18(30-4)11-16(15)28-2)21-22(25-12)13-8-6-7-9-14(13)23(21)26/h6-11,20,25H,1-5H3. The lowest BCUT2D eigenvalue weighted by molar-refractivity contribution is -0.136. The third kappa shape index (κ3) is 3.04. The first-order valence-electron chi connectivity index (χ1n) is 9.71. The van der Waals surface area contributed by atoms with Crippen LogP contribution in [0.4, 0.5) is 0 Å². The van der Waals surface area contributed by atoms with Crippen molar-refractivity contribution in [2.75, 3.05) is 28.4 Å². The Hall–Kier alpha value is -3.74. The van der Waals surface area contributed by atoms with Crippen molar-refractivity contribution in [2.24, 2.45) is 0 Å². The van der Waals surface area contributed by atoms with Crippen LogP contribution in [0.2, 0.25) is 0 Å². The quantitative estimate of drug-likeness (QED) is 0.741. The van der Waals surface area contributed by atoms with Crippen molar-refractivity contribution < 1.29 is 28.5 Å². The van der Waals surface area contributed by atoms with Gasteiger partial charge in [0.05, 0.1) is 45.6 Å². The summed E-state index contributed by atoms with van der Waals surface area (Å²) in [6, 6.07) is 10.8. The minimum atomic E-state index is -0.710. The highest BCUT2D eigenvalue weighted by Crippen LogP contribution is 2.50. The van der Waals surface area contributed by atoms with E-state index in [2.05, 4.69) is 5.32 Å². The molecule has 0 fully saturated rings. The van der Waals surface area contributed by atoms with Gasteiger partial charge < -0.3 is 24.3 Å². The molecule has 7 nitrogen and oxygen atoms in total. The van der Waals surface area contributed by atoms with Gasteiger partial charge in [0, 0.05) is 34.0 Å². The highest BCUT2D eigenvalue weighted by Gasteiger charge is 2.44. The summed E-state index contributed by atoms with van der Waals surface area (Å²) in [5.41, 5.74) is 4.10. The summed E-state index contributed by atoms with van der Waals surface area (Å²) in [5.74, 6) is 0.0279. The molecule has 2 aromatic carbocycles. The van der Waals surface area contributed by atoms with Crippen molar-refractivity contribution in [3.05, 3.63) is 69.9 Å². The molecule has 4 rings (SSSR count). The van der Waals surface area contributed by atoms with Crippen LogP contribution >= 0.6 is 0 Å². The largest absolute Gasteiger partial charge is 0.496 e. The van der Waals surface area contributed by atoms with Crippen molar-refractivity contribution >= 4 is 17.4 Å². The van der Waals surface area contributed by atoms with Gasteiger partial charge in [-0.3, -0.25) is 4.79 Å². The third-order valence-corrected chi connectivity index (χ3v) is 5.70. The molecule has 1 atom stereocenters. The second kappa shape index (κ2) is 7.83. The minimum Gasteiger partial charge on any atom is -0.496 e. The van der Waals surface area contributed by atoms with E-state index in [4.69, 9.17) is 18.9 Å². The van der Waals surface area contributed by atoms with E-state index < -0.39 is 11.9 Å². The van der Waals surface area contributed by atoms with Gasteiger partial charge in [-0.25, -0.2) is 4.79 Å². The molecule has 0 amide bonds. The van der Waals surface area contributed by atoms with Gasteiger partial charge in [0.15, 0.2) is 17.3 Å². The SMILES string of the molecule is COC(=O)C1=C(C)NC2=C(C(=O)c3ccccc32)C1c1cc(OC)c(OC)cc1OC. The minimum absolute atomic E-state index is 0.145. The van der Waals surface area contributed by atoms with Gasteiger partial charge in [0.2, 0.25) is 0 Å². The van der Waals surface area contributed by atoms with Gasteiger partial charge >= 0.3 is 5.97 Å². The summed E-state index contributed by atoms with van der Waals surface area (Å²) in [4.78, 5) is 26.3. The predicted octanol–water partition coefficient (Wildman–Crippen LogP) is 3.45. The third-order valence-electron chi connectivity index (χ3n) is 5.70. The Morgan fingerprint density at radius 2 is 1.52 bits per heavy atom. The lowest BCUT2D eigenvalue weighted by Crippen LogP contribution is -2.29. The fourth-order valence-corrected chi connectivity index (χ4v) is 4.30. The number of Topliss-reactive ketones (excluding diaryl/α,β-unsaturated/α-hetero) is 1. The summed E-state index contributed by atoms with van der Waals surface area (Å²) < 4.78 is 21.6. The Bertz CT molecular complexity index is 1160. The monoisotopic (exact) mass is 421 g/mol. The Morgan fingerprint density at radius 3 is 2.13 bits per heavy atom. The Balaban J connectivity index is 2.02. The molecule has 7 heteroatoms. The molecule has 0 radical (unpaired) electrons. The number of methoxy groups -OCH3 is 4. The number of benzene rings is 2. The molecule has 0 saturated carbocycles. The normalized spacial score (nSPS) is 17.1. The molecule has 1 N–H and O–H groups in total. The number of ketones is 1. The number of hydrogen-bond donors (Lipinski definition) is 1. The van der Waals surface area contributed by atoms with Crippen molar-refractivity contribution in [3.63, 3.8) is 0 Å². The summed E-state index contributed by atoms with van der Waals surface area (Å²) in [6.07, 6.45) is 0. The van der Waals surface area contributed by atoms with Crippen LogP contribution < -0.4 is 19.5 Å². The summed E-state index contributed by atoms with van der Waals surface area (Å²) in [5, 5.41) is 3.26. The number of nitrogens with one attached hydrogen (secondary N) is 1. The maximum absolute atomic E-state index is 13.5. The van der Waals surface area contributed by atoms with Gasteiger partial charge in [-0.05, 0) is 13.0 Å². The summed E-state index contributed by atoms with van der Waals surface area (Å²) >= 11 is 0. The van der Waals surface area contributed by atoms with Gasteiger partial charge in [-0.15, -0.1) is 0 Å². The second-order valence-electron chi connectivity index (χ2n) is 7.20. The van der Waals surface area contributed by atoms with Crippen molar-refractivity contribution in [1.29, 1.82) is 0 Å². The lowest BCUT2D eigenvalue weighted by Gasteiger charge is -2.30. The first-order chi connectivity index (χ1) is 15.0. The summed E-state index contributed by atoms with van der Waals surface area (Å²) in [7, 11) is 5.91. The van der Waals surface area contributed by atoms with Crippen LogP contribution in [0.3, 0.4) is 0 Å². The fourth-order valence-electron chi connectivity index (χ4n) is 4.30. The number of carbonyl (C=O) groups excluding carboxylic acids is 2. The highest BCUT2D eigenvalue weighted by molar-refractivity contribution is 6.23. The average molecular weight is 421 g/mol. The van der Waals surface area contributed by atoms with Gasteiger partial charge in [0.1, 0.15) is 5.75 Å². The zero-order valence-corrected chi connectivity index (χ0v) is 18.0. The molecule has 0 bridgehead atoms. The zero-order chi connectivity index (χ0) is 22.3. The Morgan fingerprint density at radius 1 is 0.903 bits per heavy atom. The maximum Gasteiger partial charge on any atom is 0.336 e. The fraction of sp³-hybridized carbons (Fsp3) is 0.250. The number of allylic oxidation sites excluding steroid dienone is 2. The number of esters is 1. The van der Waals surface area contributed by atoms with E-state index in [1.165, 1.54) is 28.4 Å². The number of carbonyl (C=O) groups is 2. The lowest BCUT2D eigenvalue weighted by atomic mass is 9.79. The van der Waals surface area contributed by atoms with Gasteiger partial charge in [-0.2, -0.15) is 0 Å².